The van der Waals surface area contributed by atoms with E-state index in [4.69, 9.17) is 0 Å². The van der Waals surface area contributed by atoms with Gasteiger partial charge in [0.2, 0.25) is 0 Å². The van der Waals surface area contributed by atoms with Crippen LogP contribution in [0.25, 0.3) is 10.9 Å². The molecule has 0 atom stereocenters. The van der Waals surface area contributed by atoms with Gasteiger partial charge in [-0.15, -0.1) is 0 Å². The van der Waals surface area contributed by atoms with Gasteiger partial charge in [0, 0.05) is 11.1 Å². The Morgan fingerprint density at radius 3 is 2.47 bits per heavy atom. The second-order valence-corrected chi connectivity index (χ2v) is 3.97. The summed E-state index contributed by atoms with van der Waals surface area (Å²) in [4.78, 5) is 7.84. The molecule has 1 N–H and O–H groups in total. The second-order valence-electron chi connectivity index (χ2n) is 3.97. The molecular formula is C14H9F2N3. The predicted octanol–water partition coefficient (Wildman–Crippen LogP) is 3.65. The number of fused-ring (bicyclic) bond motifs is 1. The van der Waals surface area contributed by atoms with Gasteiger partial charge >= 0.3 is 0 Å². The maximum absolute atomic E-state index is 13.6. The van der Waals surface area contributed by atoms with Gasteiger partial charge in [-0.05, 0) is 24.3 Å². The Morgan fingerprint density at radius 2 is 1.68 bits per heavy atom. The van der Waals surface area contributed by atoms with Gasteiger partial charge in [-0.2, -0.15) is 0 Å². The minimum atomic E-state index is -0.962. The summed E-state index contributed by atoms with van der Waals surface area (Å²) in [5.74, 6) is -1.44. The number of anilines is 2. The summed E-state index contributed by atoms with van der Waals surface area (Å²) in [6.45, 7) is 0. The summed E-state index contributed by atoms with van der Waals surface area (Å²) < 4.78 is 26.8. The number of hydrogen-bond acceptors (Lipinski definition) is 3. The average molecular weight is 257 g/mol. The molecule has 0 spiro atoms. The second kappa shape index (κ2) is 4.61. The van der Waals surface area contributed by atoms with Gasteiger partial charge in [0.1, 0.15) is 17.7 Å². The highest BCUT2D eigenvalue weighted by molar-refractivity contribution is 5.90. The molecule has 0 saturated heterocycles. The number of benzene rings is 2. The molecular weight excluding hydrogens is 248 g/mol. The van der Waals surface area contributed by atoms with Crippen LogP contribution in [0.4, 0.5) is 20.3 Å². The van der Waals surface area contributed by atoms with E-state index in [0.29, 0.717) is 11.2 Å². The van der Waals surface area contributed by atoms with Gasteiger partial charge in [-0.25, -0.2) is 18.7 Å². The highest BCUT2D eigenvalue weighted by Crippen LogP contribution is 2.25. The quantitative estimate of drug-likeness (QED) is 0.761. The summed E-state index contributed by atoms with van der Waals surface area (Å²) in [6, 6.07) is 11.9. The molecule has 0 aliphatic rings. The molecule has 0 unspecified atom stereocenters. The first-order valence-corrected chi connectivity index (χ1v) is 5.66. The van der Waals surface area contributed by atoms with Crippen LogP contribution < -0.4 is 5.32 Å². The molecule has 0 aliphatic heterocycles. The van der Waals surface area contributed by atoms with E-state index in [-0.39, 0.29) is 5.52 Å². The zero-order valence-corrected chi connectivity index (χ0v) is 9.77. The van der Waals surface area contributed by atoms with Crippen molar-refractivity contribution in [2.45, 2.75) is 0 Å². The topological polar surface area (TPSA) is 37.8 Å². The third kappa shape index (κ3) is 2.10. The normalized spacial score (nSPS) is 10.6. The van der Waals surface area contributed by atoms with E-state index in [9.17, 15) is 8.78 Å². The van der Waals surface area contributed by atoms with E-state index in [2.05, 4.69) is 15.3 Å². The first kappa shape index (κ1) is 11.5. The maximum atomic E-state index is 13.6. The van der Waals surface area contributed by atoms with Crippen molar-refractivity contribution >= 4 is 22.4 Å². The molecule has 3 nitrogen and oxygen atoms in total. The smallest absolute Gasteiger partial charge is 0.185 e. The first-order valence-electron chi connectivity index (χ1n) is 5.66. The summed E-state index contributed by atoms with van der Waals surface area (Å²) in [6.07, 6.45) is 1.20. The number of hydrogen-bond donors (Lipinski definition) is 1. The number of para-hydroxylation sites is 1. The largest absolute Gasteiger partial charge is 0.340 e. The van der Waals surface area contributed by atoms with Gasteiger partial charge in [0.05, 0.1) is 0 Å². The highest BCUT2D eigenvalue weighted by Gasteiger charge is 2.11. The SMILES string of the molecule is Fc1ccc2c(Nc3ccccc3)ncnc2c1F. The molecule has 1 aromatic heterocycles. The Labute approximate surface area is 107 Å². The van der Waals surface area contributed by atoms with Crippen LogP contribution in [-0.2, 0) is 0 Å². The summed E-state index contributed by atoms with van der Waals surface area (Å²) in [5.41, 5.74) is 0.778. The molecule has 19 heavy (non-hydrogen) atoms. The Balaban J connectivity index is 2.12. The highest BCUT2D eigenvalue weighted by atomic mass is 19.2. The molecule has 0 fully saturated rings. The summed E-state index contributed by atoms with van der Waals surface area (Å²) >= 11 is 0. The monoisotopic (exact) mass is 257 g/mol. The van der Waals surface area contributed by atoms with Crippen LogP contribution in [0.15, 0.2) is 48.8 Å². The lowest BCUT2D eigenvalue weighted by atomic mass is 10.2. The summed E-state index contributed by atoms with van der Waals surface area (Å²) in [7, 11) is 0. The molecule has 0 amide bonds. The molecule has 1 heterocycles. The molecule has 0 aliphatic carbocycles. The number of rotatable bonds is 2. The van der Waals surface area contributed by atoms with Crippen LogP contribution in [0.3, 0.4) is 0 Å². The van der Waals surface area contributed by atoms with Crippen molar-refractivity contribution < 1.29 is 8.78 Å². The molecule has 94 valence electrons. The maximum Gasteiger partial charge on any atom is 0.185 e. The Kier molecular flexibility index (Phi) is 2.79. The van der Waals surface area contributed by atoms with Crippen LogP contribution >= 0.6 is 0 Å². The van der Waals surface area contributed by atoms with Crippen LogP contribution in [0.5, 0.6) is 0 Å². The number of nitrogens with one attached hydrogen (secondary N) is 1. The Hall–Kier alpha value is -2.56. The van der Waals surface area contributed by atoms with Gasteiger partial charge in [0.25, 0.3) is 0 Å². The van der Waals surface area contributed by atoms with Crippen LogP contribution in [0.2, 0.25) is 0 Å². The minimum Gasteiger partial charge on any atom is -0.340 e. The van der Waals surface area contributed by atoms with Crippen molar-refractivity contribution in [1.82, 2.24) is 9.97 Å². The van der Waals surface area contributed by atoms with Crippen molar-refractivity contribution in [2.75, 3.05) is 5.32 Å². The molecule has 2 aromatic carbocycles. The van der Waals surface area contributed by atoms with Gasteiger partial charge < -0.3 is 5.32 Å². The fourth-order valence-corrected chi connectivity index (χ4v) is 1.83. The fourth-order valence-electron chi connectivity index (χ4n) is 1.83. The standard InChI is InChI=1S/C14H9F2N3/c15-11-7-6-10-13(12(11)16)17-8-18-14(10)19-9-4-2-1-3-5-9/h1-8H,(H,17,18,19). The Morgan fingerprint density at radius 1 is 0.895 bits per heavy atom. The number of aromatic nitrogens is 2. The van der Waals surface area contributed by atoms with Crippen molar-refractivity contribution in [1.29, 1.82) is 0 Å². The van der Waals surface area contributed by atoms with Gasteiger partial charge in [-0.3, -0.25) is 0 Å². The fraction of sp³-hybridized carbons (Fsp3) is 0. The van der Waals surface area contributed by atoms with E-state index in [1.807, 2.05) is 30.3 Å². The zero-order chi connectivity index (χ0) is 13.2. The van der Waals surface area contributed by atoms with Crippen molar-refractivity contribution in [2.24, 2.45) is 0 Å². The number of halogens is 2. The third-order valence-electron chi connectivity index (χ3n) is 2.73. The van der Waals surface area contributed by atoms with Crippen molar-refractivity contribution in [3.05, 3.63) is 60.4 Å². The predicted molar refractivity (Wildman–Crippen MR) is 69.2 cm³/mol. The van der Waals surface area contributed by atoms with Crippen LogP contribution in [-0.4, -0.2) is 9.97 Å². The Bertz CT molecular complexity index is 729. The van der Waals surface area contributed by atoms with Gasteiger partial charge in [0.15, 0.2) is 11.6 Å². The molecule has 0 bridgehead atoms. The van der Waals surface area contributed by atoms with E-state index in [1.165, 1.54) is 12.4 Å². The lowest BCUT2D eigenvalue weighted by Gasteiger charge is -2.08. The molecule has 3 aromatic rings. The van der Waals surface area contributed by atoms with Crippen LogP contribution in [0.1, 0.15) is 0 Å². The van der Waals surface area contributed by atoms with Crippen molar-refractivity contribution in [3.8, 4) is 0 Å². The molecule has 0 radical (unpaired) electrons. The number of nitrogens with zero attached hydrogens (tertiary/aromatic N) is 2. The van der Waals surface area contributed by atoms with Gasteiger partial charge in [-0.1, -0.05) is 18.2 Å². The zero-order valence-electron chi connectivity index (χ0n) is 9.77. The molecule has 3 rings (SSSR count). The average Bonchev–Trinajstić information content (AvgIpc) is 2.45. The van der Waals surface area contributed by atoms with E-state index < -0.39 is 11.6 Å². The van der Waals surface area contributed by atoms with E-state index in [0.717, 1.165) is 11.8 Å². The van der Waals surface area contributed by atoms with E-state index >= 15 is 0 Å². The summed E-state index contributed by atoms with van der Waals surface area (Å²) in [5, 5.41) is 3.49. The van der Waals surface area contributed by atoms with Crippen LogP contribution in [0, 0.1) is 11.6 Å². The third-order valence-corrected chi connectivity index (χ3v) is 2.73. The molecule has 0 saturated carbocycles. The first-order chi connectivity index (χ1) is 9.25. The lowest BCUT2D eigenvalue weighted by molar-refractivity contribution is 0.515. The lowest BCUT2D eigenvalue weighted by Crippen LogP contribution is -1.98. The molecule has 5 heteroatoms. The van der Waals surface area contributed by atoms with E-state index in [1.54, 1.807) is 0 Å². The van der Waals surface area contributed by atoms with Crippen molar-refractivity contribution in [3.63, 3.8) is 0 Å². The minimum absolute atomic E-state index is 0.0339.